The molecule has 0 bridgehead atoms. The molecule has 2 N–H and O–H groups in total. The van der Waals surface area contributed by atoms with Crippen molar-refractivity contribution in [1.29, 1.82) is 0 Å². The van der Waals surface area contributed by atoms with E-state index in [0.717, 1.165) is 32.1 Å². The molecule has 5 unspecified atom stereocenters. The average Bonchev–Trinajstić information content (AvgIpc) is 3.03. The van der Waals surface area contributed by atoms with E-state index in [1.54, 1.807) is 0 Å². The minimum Gasteiger partial charge on any atom is -0.392 e. The molecule has 1 spiro atoms. The molecule has 0 aromatic carbocycles. The first-order valence-electron chi connectivity index (χ1n) is 8.31. The van der Waals surface area contributed by atoms with Crippen molar-refractivity contribution in [2.75, 3.05) is 13.2 Å². The van der Waals surface area contributed by atoms with Gasteiger partial charge in [0.25, 0.3) is 0 Å². The van der Waals surface area contributed by atoms with Gasteiger partial charge in [-0.2, -0.15) is 0 Å². The normalized spacial score (nSPS) is 37.7. The molecule has 1 saturated heterocycles. The Bertz CT molecular complexity index is 418. The highest BCUT2D eigenvalue weighted by Gasteiger charge is 2.64. The quantitative estimate of drug-likeness (QED) is 0.612. The third-order valence-electron chi connectivity index (χ3n) is 5.25. The lowest BCUT2D eigenvalue weighted by atomic mass is 9.67. The highest BCUT2D eigenvalue weighted by atomic mass is 16.7. The number of ether oxygens (including phenoxy) is 2. The van der Waals surface area contributed by atoms with Crippen LogP contribution in [0.25, 0.3) is 0 Å². The summed E-state index contributed by atoms with van der Waals surface area (Å²) < 4.78 is 11.5. The molecule has 0 radical (unpaired) electrons. The maximum Gasteiger partial charge on any atom is 0.172 e. The third kappa shape index (κ3) is 2.85. The van der Waals surface area contributed by atoms with Crippen molar-refractivity contribution in [2.24, 2.45) is 17.8 Å². The fraction of sp³-hybridized carbons (Fsp3) is 0.882. The first-order valence-corrected chi connectivity index (χ1v) is 8.31. The largest absolute Gasteiger partial charge is 0.392 e. The number of rotatable bonds is 4. The van der Waals surface area contributed by atoms with Gasteiger partial charge in [0.1, 0.15) is 6.10 Å². The number of hydrogen-bond acceptors (Lipinski definition) is 4. The van der Waals surface area contributed by atoms with Gasteiger partial charge in [0.15, 0.2) is 5.79 Å². The predicted octanol–water partition coefficient (Wildman–Crippen LogP) is 1.69. The van der Waals surface area contributed by atoms with Gasteiger partial charge in [0.05, 0.1) is 19.3 Å². The Kier molecular flexibility index (Phi) is 4.56. The summed E-state index contributed by atoms with van der Waals surface area (Å²) in [4.78, 5) is 0. The van der Waals surface area contributed by atoms with Gasteiger partial charge >= 0.3 is 0 Å². The SMILES string of the molecule is CCCCCC(O)C#CC1C(O)CC2C1CC21OCCO1. The first kappa shape index (κ1) is 15.3. The number of fused-ring (bicyclic) bond motifs is 2. The second-order valence-electron chi connectivity index (χ2n) is 6.61. The van der Waals surface area contributed by atoms with Crippen LogP contribution in [-0.2, 0) is 9.47 Å². The summed E-state index contributed by atoms with van der Waals surface area (Å²) in [6.45, 7) is 3.46. The van der Waals surface area contributed by atoms with E-state index in [0.29, 0.717) is 25.6 Å². The molecule has 3 fully saturated rings. The van der Waals surface area contributed by atoms with Crippen LogP contribution in [0.15, 0.2) is 0 Å². The lowest BCUT2D eigenvalue weighted by molar-refractivity contribution is -0.270. The second kappa shape index (κ2) is 6.26. The van der Waals surface area contributed by atoms with Crippen molar-refractivity contribution in [3.05, 3.63) is 0 Å². The van der Waals surface area contributed by atoms with E-state index in [-0.39, 0.29) is 11.8 Å². The zero-order chi connectivity index (χ0) is 14.9. The summed E-state index contributed by atoms with van der Waals surface area (Å²) in [6.07, 6.45) is 4.58. The van der Waals surface area contributed by atoms with Gasteiger partial charge in [-0.05, 0) is 25.2 Å². The Balaban J connectivity index is 1.55. The molecule has 1 heterocycles. The maximum atomic E-state index is 10.2. The van der Waals surface area contributed by atoms with Gasteiger partial charge in [-0.3, -0.25) is 0 Å². The molecular formula is C17H26O4. The highest BCUT2D eigenvalue weighted by molar-refractivity contribution is 5.19. The van der Waals surface area contributed by atoms with E-state index < -0.39 is 18.0 Å². The summed E-state index contributed by atoms with van der Waals surface area (Å²) in [7, 11) is 0. The van der Waals surface area contributed by atoms with Crippen molar-refractivity contribution in [1.82, 2.24) is 0 Å². The molecule has 2 aliphatic carbocycles. The van der Waals surface area contributed by atoms with Gasteiger partial charge in [0, 0.05) is 18.3 Å². The Hall–Kier alpha value is -0.600. The van der Waals surface area contributed by atoms with Crippen LogP contribution >= 0.6 is 0 Å². The number of aliphatic hydroxyl groups excluding tert-OH is 2. The van der Waals surface area contributed by atoms with Gasteiger partial charge in [0.2, 0.25) is 0 Å². The molecule has 0 amide bonds. The fourth-order valence-electron chi connectivity index (χ4n) is 4.07. The second-order valence-corrected chi connectivity index (χ2v) is 6.61. The molecule has 118 valence electrons. The van der Waals surface area contributed by atoms with E-state index in [1.807, 2.05) is 0 Å². The van der Waals surface area contributed by atoms with Crippen LogP contribution in [0.2, 0.25) is 0 Å². The van der Waals surface area contributed by atoms with Gasteiger partial charge in [-0.25, -0.2) is 0 Å². The van der Waals surface area contributed by atoms with Crippen LogP contribution in [0.5, 0.6) is 0 Å². The smallest absolute Gasteiger partial charge is 0.172 e. The molecule has 2 saturated carbocycles. The molecule has 3 aliphatic rings. The summed E-state index contributed by atoms with van der Waals surface area (Å²) in [6, 6.07) is 0. The molecular weight excluding hydrogens is 268 g/mol. The van der Waals surface area contributed by atoms with Crippen molar-refractivity contribution in [3.8, 4) is 11.8 Å². The zero-order valence-electron chi connectivity index (χ0n) is 12.8. The monoisotopic (exact) mass is 294 g/mol. The van der Waals surface area contributed by atoms with Crippen LogP contribution < -0.4 is 0 Å². The van der Waals surface area contributed by atoms with Crippen molar-refractivity contribution >= 4 is 0 Å². The van der Waals surface area contributed by atoms with Gasteiger partial charge in [-0.1, -0.05) is 31.6 Å². The molecule has 3 rings (SSSR count). The minimum atomic E-state index is -0.559. The minimum absolute atomic E-state index is 0.0331. The van der Waals surface area contributed by atoms with Gasteiger partial charge < -0.3 is 19.7 Å². The number of hydrogen-bond donors (Lipinski definition) is 2. The van der Waals surface area contributed by atoms with E-state index >= 15 is 0 Å². The lowest BCUT2D eigenvalue weighted by Gasteiger charge is -2.48. The molecule has 1 aliphatic heterocycles. The van der Waals surface area contributed by atoms with Crippen LogP contribution in [0.1, 0.15) is 45.4 Å². The summed E-state index contributed by atoms with van der Waals surface area (Å²) in [5, 5.41) is 20.1. The van der Waals surface area contributed by atoms with Crippen molar-refractivity contribution in [3.63, 3.8) is 0 Å². The van der Waals surface area contributed by atoms with Crippen molar-refractivity contribution < 1.29 is 19.7 Å². The van der Waals surface area contributed by atoms with Gasteiger partial charge in [-0.15, -0.1) is 0 Å². The Morgan fingerprint density at radius 3 is 2.76 bits per heavy atom. The van der Waals surface area contributed by atoms with Crippen molar-refractivity contribution in [2.45, 2.75) is 63.4 Å². The number of unbranched alkanes of at least 4 members (excludes halogenated alkanes) is 2. The standard InChI is InChI=1S/C17H26O4/c1-2-3-4-5-12(18)6-7-13-14-11-17(20-8-9-21-17)15(14)10-16(13)19/h12-16,18-19H,2-5,8-11H2,1H3. The molecule has 21 heavy (non-hydrogen) atoms. The fourth-order valence-corrected chi connectivity index (χ4v) is 4.07. The zero-order valence-corrected chi connectivity index (χ0v) is 12.8. The Labute approximate surface area is 126 Å². The molecule has 0 aromatic heterocycles. The van der Waals surface area contributed by atoms with E-state index in [9.17, 15) is 10.2 Å². The summed E-state index contributed by atoms with van der Waals surface area (Å²) >= 11 is 0. The van der Waals surface area contributed by atoms with E-state index in [4.69, 9.17) is 9.47 Å². The predicted molar refractivity (Wildman–Crippen MR) is 78.3 cm³/mol. The topological polar surface area (TPSA) is 58.9 Å². The summed E-state index contributed by atoms with van der Waals surface area (Å²) in [5.41, 5.74) is 0. The third-order valence-corrected chi connectivity index (χ3v) is 5.25. The van der Waals surface area contributed by atoms with E-state index in [2.05, 4.69) is 18.8 Å². The highest BCUT2D eigenvalue weighted by Crippen LogP contribution is 2.59. The number of aliphatic hydroxyl groups is 2. The van der Waals surface area contributed by atoms with Crippen LogP contribution in [0.4, 0.5) is 0 Å². The Morgan fingerprint density at radius 2 is 2.05 bits per heavy atom. The van der Waals surface area contributed by atoms with E-state index in [1.165, 1.54) is 0 Å². The van der Waals surface area contributed by atoms with Crippen LogP contribution in [-0.4, -0.2) is 41.4 Å². The summed E-state index contributed by atoms with van der Waals surface area (Å²) in [5.74, 6) is 6.24. The maximum absolute atomic E-state index is 10.2. The lowest BCUT2D eigenvalue weighted by Crippen LogP contribution is -2.53. The molecule has 5 atom stereocenters. The Morgan fingerprint density at radius 1 is 1.29 bits per heavy atom. The van der Waals surface area contributed by atoms with Crippen LogP contribution in [0, 0.1) is 29.6 Å². The average molecular weight is 294 g/mol. The molecule has 4 heteroatoms. The molecule has 0 aromatic rings. The van der Waals surface area contributed by atoms with Crippen LogP contribution in [0.3, 0.4) is 0 Å². The molecule has 4 nitrogen and oxygen atoms in total. The first-order chi connectivity index (χ1) is 10.2.